The van der Waals surface area contributed by atoms with E-state index in [0.29, 0.717) is 40.1 Å². The molecule has 34 heavy (non-hydrogen) atoms. The number of hydrogen-bond acceptors (Lipinski definition) is 5. The molecule has 0 spiro atoms. The lowest BCUT2D eigenvalue weighted by molar-refractivity contribution is 0.0697. The molecule has 4 rings (SSSR count). The molecular weight excluding hydrogens is 432 g/mol. The Morgan fingerprint density at radius 1 is 1.00 bits per heavy atom. The van der Waals surface area contributed by atoms with Crippen molar-refractivity contribution >= 4 is 16.7 Å². The second-order valence-electron chi connectivity index (χ2n) is 8.61. The number of rotatable bonds is 7. The Balaban J connectivity index is 1.90. The van der Waals surface area contributed by atoms with Crippen molar-refractivity contribution in [2.45, 2.75) is 45.1 Å². The summed E-state index contributed by atoms with van der Waals surface area (Å²) in [6.07, 6.45) is 7.10. The number of carbonyl (C=O) groups excluding carboxylic acids is 1. The minimum absolute atomic E-state index is 0.108. The number of nitrogens with zero attached hydrogens (tertiary/aromatic N) is 2. The number of fused-ring (bicyclic) bond motifs is 1. The summed E-state index contributed by atoms with van der Waals surface area (Å²) >= 11 is 0. The van der Waals surface area contributed by atoms with Crippen molar-refractivity contribution in [3.8, 4) is 22.9 Å². The molecule has 1 fully saturated rings. The van der Waals surface area contributed by atoms with Gasteiger partial charge in [-0.3, -0.25) is 14.2 Å². The van der Waals surface area contributed by atoms with Crippen LogP contribution in [0, 0.1) is 0 Å². The van der Waals surface area contributed by atoms with Crippen molar-refractivity contribution in [3.05, 3.63) is 58.5 Å². The van der Waals surface area contributed by atoms with Gasteiger partial charge in [0.1, 0.15) is 5.75 Å². The smallest absolute Gasteiger partial charge is 0.263 e. The van der Waals surface area contributed by atoms with Gasteiger partial charge in [-0.1, -0.05) is 19.3 Å². The molecule has 0 saturated heterocycles. The summed E-state index contributed by atoms with van der Waals surface area (Å²) in [6.45, 7) is 2.48. The monoisotopic (exact) mass is 464 g/mol. The van der Waals surface area contributed by atoms with Crippen molar-refractivity contribution in [1.82, 2.24) is 9.47 Å². The fraction of sp³-hybridized carbons (Fsp3) is 0.407. The van der Waals surface area contributed by atoms with Gasteiger partial charge in [-0.05, 0) is 56.2 Å². The summed E-state index contributed by atoms with van der Waals surface area (Å²) in [6, 6.07) is 10.8. The third kappa shape index (κ3) is 4.47. The van der Waals surface area contributed by atoms with Gasteiger partial charge in [0.15, 0.2) is 11.5 Å². The molecule has 0 atom stereocenters. The highest BCUT2D eigenvalue weighted by molar-refractivity contribution is 6.07. The largest absolute Gasteiger partial charge is 0.494 e. The third-order valence-corrected chi connectivity index (χ3v) is 6.62. The molecule has 3 aromatic rings. The van der Waals surface area contributed by atoms with Crippen LogP contribution in [0.3, 0.4) is 0 Å². The van der Waals surface area contributed by atoms with Crippen LogP contribution in [0.25, 0.3) is 16.5 Å². The number of benzene rings is 2. The molecule has 1 saturated carbocycles. The quantitative estimate of drug-likeness (QED) is 0.502. The van der Waals surface area contributed by atoms with E-state index >= 15 is 0 Å². The first kappa shape index (κ1) is 23.7. The van der Waals surface area contributed by atoms with Crippen LogP contribution < -0.4 is 19.8 Å². The van der Waals surface area contributed by atoms with Crippen LogP contribution in [0.5, 0.6) is 17.2 Å². The van der Waals surface area contributed by atoms with Crippen LogP contribution in [0.1, 0.15) is 49.4 Å². The molecule has 1 aliphatic rings. The molecule has 0 bridgehead atoms. The van der Waals surface area contributed by atoms with Gasteiger partial charge in [0.05, 0.1) is 31.8 Å². The molecule has 180 valence electrons. The highest BCUT2D eigenvalue weighted by Crippen LogP contribution is 2.33. The van der Waals surface area contributed by atoms with Gasteiger partial charge in [0.2, 0.25) is 0 Å². The standard InChI is InChI=1S/C27H32N2O5/c1-5-34-20-13-11-19(12-14-20)29-17-23(26(30)28(2)18-9-7-6-8-10-18)21-15-24(32-3)25(33-4)16-22(21)27(29)31/h11-18H,5-10H2,1-4H3. The zero-order valence-electron chi connectivity index (χ0n) is 20.3. The first-order valence-corrected chi connectivity index (χ1v) is 11.8. The van der Waals surface area contributed by atoms with Crippen LogP contribution in [-0.4, -0.2) is 49.3 Å². The fourth-order valence-electron chi connectivity index (χ4n) is 4.72. The molecule has 0 aliphatic heterocycles. The molecule has 0 radical (unpaired) electrons. The van der Waals surface area contributed by atoms with Crippen molar-refractivity contribution < 1.29 is 19.0 Å². The minimum Gasteiger partial charge on any atom is -0.494 e. The molecule has 7 heteroatoms. The summed E-state index contributed by atoms with van der Waals surface area (Å²) in [4.78, 5) is 29.2. The predicted octanol–water partition coefficient (Wildman–Crippen LogP) is 4.81. The second kappa shape index (κ2) is 10.2. The van der Waals surface area contributed by atoms with Gasteiger partial charge in [0, 0.05) is 30.4 Å². The normalized spacial score (nSPS) is 14.1. The molecule has 7 nitrogen and oxygen atoms in total. The number of aromatic nitrogens is 1. The number of methoxy groups -OCH3 is 2. The number of hydrogen-bond donors (Lipinski definition) is 0. The topological polar surface area (TPSA) is 70.0 Å². The Kier molecular flexibility index (Phi) is 7.10. The molecule has 0 unspecified atom stereocenters. The van der Waals surface area contributed by atoms with Crippen LogP contribution in [0.2, 0.25) is 0 Å². The van der Waals surface area contributed by atoms with Crippen molar-refractivity contribution in [3.63, 3.8) is 0 Å². The Hall–Kier alpha value is -3.48. The van der Waals surface area contributed by atoms with E-state index in [-0.39, 0.29) is 17.5 Å². The SMILES string of the molecule is CCOc1ccc(-n2cc(C(=O)N(C)C3CCCCC3)c3cc(OC)c(OC)cc3c2=O)cc1. The molecule has 2 aromatic carbocycles. The molecule has 0 N–H and O–H groups in total. The van der Waals surface area contributed by atoms with E-state index < -0.39 is 0 Å². The second-order valence-corrected chi connectivity index (χ2v) is 8.61. The van der Waals surface area contributed by atoms with Crippen molar-refractivity contribution in [2.24, 2.45) is 0 Å². The minimum atomic E-state index is -0.239. The Morgan fingerprint density at radius 2 is 1.62 bits per heavy atom. The molecule has 1 aliphatic carbocycles. The average molecular weight is 465 g/mol. The zero-order chi connectivity index (χ0) is 24.2. The Bertz CT molecular complexity index is 1230. The van der Waals surface area contributed by atoms with Gasteiger partial charge in [-0.15, -0.1) is 0 Å². The maximum Gasteiger partial charge on any atom is 0.263 e. The Morgan fingerprint density at radius 3 is 2.21 bits per heavy atom. The molecular formula is C27H32N2O5. The van der Waals surface area contributed by atoms with Crippen LogP contribution in [0.15, 0.2) is 47.4 Å². The van der Waals surface area contributed by atoms with Crippen molar-refractivity contribution in [1.29, 1.82) is 0 Å². The maximum absolute atomic E-state index is 13.8. The highest BCUT2D eigenvalue weighted by Gasteiger charge is 2.26. The van der Waals surface area contributed by atoms with Crippen LogP contribution in [0.4, 0.5) is 0 Å². The van der Waals surface area contributed by atoms with E-state index in [0.717, 1.165) is 31.4 Å². The van der Waals surface area contributed by atoms with Gasteiger partial charge in [-0.25, -0.2) is 0 Å². The van der Waals surface area contributed by atoms with Crippen LogP contribution in [-0.2, 0) is 0 Å². The molecule has 1 amide bonds. The first-order chi connectivity index (χ1) is 16.5. The van der Waals surface area contributed by atoms with E-state index in [9.17, 15) is 9.59 Å². The summed E-state index contributed by atoms with van der Waals surface area (Å²) in [5.41, 5.74) is 0.869. The zero-order valence-corrected chi connectivity index (χ0v) is 20.3. The number of pyridine rings is 1. The predicted molar refractivity (Wildman–Crippen MR) is 133 cm³/mol. The fourth-order valence-corrected chi connectivity index (χ4v) is 4.72. The van der Waals surface area contributed by atoms with Crippen LogP contribution >= 0.6 is 0 Å². The summed E-state index contributed by atoms with van der Waals surface area (Å²) in [5.74, 6) is 1.53. The number of carbonyl (C=O) groups is 1. The average Bonchev–Trinajstić information content (AvgIpc) is 2.88. The lowest BCUT2D eigenvalue weighted by atomic mass is 9.94. The van der Waals surface area contributed by atoms with E-state index in [1.54, 1.807) is 25.4 Å². The number of amides is 1. The van der Waals surface area contributed by atoms with Crippen molar-refractivity contribution in [2.75, 3.05) is 27.9 Å². The highest BCUT2D eigenvalue weighted by atomic mass is 16.5. The van der Waals surface area contributed by atoms with E-state index in [1.165, 1.54) is 18.1 Å². The van der Waals surface area contributed by atoms with Gasteiger partial charge in [-0.2, -0.15) is 0 Å². The lowest BCUT2D eigenvalue weighted by Crippen LogP contribution is -2.39. The van der Waals surface area contributed by atoms with Gasteiger partial charge in [0.25, 0.3) is 11.5 Å². The summed E-state index contributed by atoms with van der Waals surface area (Å²) in [5, 5.41) is 0.951. The number of ether oxygens (including phenoxy) is 3. The maximum atomic E-state index is 13.8. The van der Waals surface area contributed by atoms with E-state index in [2.05, 4.69) is 0 Å². The lowest BCUT2D eigenvalue weighted by Gasteiger charge is -2.31. The van der Waals surface area contributed by atoms with Gasteiger partial charge >= 0.3 is 0 Å². The molecule has 1 heterocycles. The first-order valence-electron chi connectivity index (χ1n) is 11.8. The van der Waals surface area contributed by atoms with E-state index in [4.69, 9.17) is 14.2 Å². The summed E-state index contributed by atoms with van der Waals surface area (Å²) < 4.78 is 18.0. The summed E-state index contributed by atoms with van der Waals surface area (Å²) in [7, 11) is 4.93. The third-order valence-electron chi connectivity index (χ3n) is 6.62. The Labute approximate surface area is 199 Å². The molecule has 1 aromatic heterocycles. The van der Waals surface area contributed by atoms with E-state index in [1.807, 2.05) is 43.1 Å². The van der Waals surface area contributed by atoms with Gasteiger partial charge < -0.3 is 19.1 Å².